The Kier molecular flexibility index (Phi) is 4.19. The molecule has 3 atom stereocenters. The Morgan fingerprint density at radius 1 is 1.47 bits per heavy atom. The van der Waals surface area contributed by atoms with E-state index >= 15 is 0 Å². The summed E-state index contributed by atoms with van der Waals surface area (Å²) < 4.78 is 9.32. The molecule has 0 bridgehead atoms. The first-order valence-corrected chi connectivity index (χ1v) is 5.02. The molecule has 0 aromatic carbocycles. The van der Waals surface area contributed by atoms with Gasteiger partial charge in [0.2, 0.25) is 0 Å². The predicted molar refractivity (Wildman–Crippen MR) is 55.6 cm³/mol. The fourth-order valence-electron chi connectivity index (χ4n) is 1.80. The van der Waals surface area contributed by atoms with Crippen LogP contribution in [0.25, 0.3) is 0 Å². The quantitative estimate of drug-likeness (QED) is 0.306. The second-order valence-electron chi connectivity index (χ2n) is 3.64. The van der Waals surface area contributed by atoms with E-state index in [9.17, 15) is 19.7 Å². The summed E-state index contributed by atoms with van der Waals surface area (Å²) in [6.07, 6.45) is 2.18. The number of carbonyl (C=O) groups excluding carboxylic acids is 2. The molecule has 0 fully saturated rings. The average molecular weight is 243 g/mol. The first kappa shape index (κ1) is 13.1. The molecule has 0 radical (unpaired) electrons. The summed E-state index contributed by atoms with van der Waals surface area (Å²) in [5, 5.41) is 10.9. The van der Waals surface area contributed by atoms with Crippen LogP contribution in [0, 0.1) is 16.0 Å². The van der Waals surface area contributed by atoms with Gasteiger partial charge in [-0.3, -0.25) is 19.7 Å². The molecule has 0 saturated carbocycles. The molecule has 7 heteroatoms. The minimum Gasteiger partial charge on any atom is -0.469 e. The molecule has 0 aromatic rings. The van der Waals surface area contributed by atoms with Crippen molar-refractivity contribution in [1.29, 1.82) is 0 Å². The van der Waals surface area contributed by atoms with Gasteiger partial charge in [-0.05, 0) is 12.5 Å². The number of rotatable bonds is 3. The van der Waals surface area contributed by atoms with E-state index in [0.29, 0.717) is 0 Å². The smallest absolute Gasteiger partial charge is 0.316 e. The van der Waals surface area contributed by atoms with Gasteiger partial charge in [0.15, 0.2) is 6.10 Å². The molecule has 0 saturated heterocycles. The molecule has 1 aliphatic carbocycles. The van der Waals surface area contributed by atoms with Crippen LogP contribution in [-0.2, 0) is 19.1 Å². The van der Waals surface area contributed by atoms with E-state index in [1.54, 1.807) is 6.08 Å². The predicted octanol–water partition coefficient (Wildman–Crippen LogP) is 0.312. The second-order valence-corrected chi connectivity index (χ2v) is 3.64. The van der Waals surface area contributed by atoms with E-state index in [0.717, 1.165) is 6.92 Å². The van der Waals surface area contributed by atoms with Crippen LogP contribution in [-0.4, -0.2) is 36.1 Å². The van der Waals surface area contributed by atoms with Crippen LogP contribution in [0.1, 0.15) is 13.3 Å². The van der Waals surface area contributed by atoms with E-state index in [2.05, 4.69) is 4.74 Å². The highest BCUT2D eigenvalue weighted by molar-refractivity contribution is 5.74. The molecule has 17 heavy (non-hydrogen) atoms. The van der Waals surface area contributed by atoms with Gasteiger partial charge < -0.3 is 9.47 Å². The number of hydrogen-bond acceptors (Lipinski definition) is 6. The van der Waals surface area contributed by atoms with Crippen molar-refractivity contribution in [1.82, 2.24) is 0 Å². The highest BCUT2D eigenvalue weighted by Crippen LogP contribution is 2.25. The van der Waals surface area contributed by atoms with Gasteiger partial charge in [-0.25, -0.2) is 0 Å². The van der Waals surface area contributed by atoms with Gasteiger partial charge in [-0.1, -0.05) is 6.08 Å². The summed E-state index contributed by atoms with van der Waals surface area (Å²) >= 11 is 0. The lowest BCUT2D eigenvalue weighted by Crippen LogP contribution is -2.46. The van der Waals surface area contributed by atoms with Crippen LogP contribution in [0.3, 0.4) is 0 Å². The fourth-order valence-corrected chi connectivity index (χ4v) is 1.80. The lowest BCUT2D eigenvalue weighted by atomic mass is 9.87. The third-order valence-corrected chi connectivity index (χ3v) is 2.51. The molecule has 94 valence electrons. The second kappa shape index (κ2) is 5.42. The van der Waals surface area contributed by atoms with Crippen LogP contribution < -0.4 is 0 Å². The maximum Gasteiger partial charge on any atom is 0.316 e. The normalized spacial score (nSPS) is 27.3. The van der Waals surface area contributed by atoms with Crippen molar-refractivity contribution in [3.63, 3.8) is 0 Å². The Hall–Kier alpha value is -1.92. The molecular weight excluding hydrogens is 230 g/mol. The zero-order valence-corrected chi connectivity index (χ0v) is 9.49. The summed E-state index contributed by atoms with van der Waals surface area (Å²) in [5.41, 5.74) is 0. The summed E-state index contributed by atoms with van der Waals surface area (Å²) in [6, 6.07) is -1.30. The molecule has 0 heterocycles. The number of methoxy groups -OCH3 is 1. The zero-order valence-electron chi connectivity index (χ0n) is 9.49. The van der Waals surface area contributed by atoms with Gasteiger partial charge in [0.1, 0.15) is 5.92 Å². The summed E-state index contributed by atoms with van der Waals surface area (Å²) in [5.74, 6) is -2.23. The monoisotopic (exact) mass is 243 g/mol. The SMILES string of the molecule is COC(=O)[C@H]1CC=C[C@H](OC(C)=O)[C@@H]1[N+](=O)[O-]. The first-order chi connectivity index (χ1) is 7.97. The van der Waals surface area contributed by atoms with Crippen LogP contribution in [0.5, 0.6) is 0 Å². The van der Waals surface area contributed by atoms with E-state index in [1.807, 2.05) is 0 Å². The number of esters is 2. The minimum atomic E-state index is -1.30. The molecule has 0 spiro atoms. The number of carbonyl (C=O) groups is 2. The van der Waals surface area contributed by atoms with Crippen LogP contribution in [0.4, 0.5) is 0 Å². The van der Waals surface area contributed by atoms with Gasteiger partial charge in [0.25, 0.3) is 6.04 Å². The van der Waals surface area contributed by atoms with Gasteiger partial charge in [-0.15, -0.1) is 0 Å². The van der Waals surface area contributed by atoms with E-state index < -0.39 is 34.9 Å². The first-order valence-electron chi connectivity index (χ1n) is 5.02. The van der Waals surface area contributed by atoms with Gasteiger partial charge in [0, 0.05) is 11.8 Å². The van der Waals surface area contributed by atoms with Crippen LogP contribution >= 0.6 is 0 Å². The Bertz CT molecular complexity index is 364. The third-order valence-electron chi connectivity index (χ3n) is 2.51. The maximum atomic E-state index is 11.4. The molecule has 7 nitrogen and oxygen atoms in total. The number of nitro groups is 1. The largest absolute Gasteiger partial charge is 0.469 e. The Balaban J connectivity index is 2.95. The summed E-state index contributed by atoms with van der Waals surface area (Å²) in [7, 11) is 1.17. The number of nitrogens with zero attached hydrogens (tertiary/aromatic N) is 1. The molecule has 0 aliphatic heterocycles. The van der Waals surface area contributed by atoms with E-state index in [1.165, 1.54) is 13.2 Å². The molecule has 0 N–H and O–H groups in total. The lowest BCUT2D eigenvalue weighted by Gasteiger charge is -2.26. The van der Waals surface area contributed by atoms with Gasteiger partial charge in [0.05, 0.1) is 7.11 Å². The number of allylic oxidation sites excluding steroid dienone is 1. The Morgan fingerprint density at radius 2 is 2.12 bits per heavy atom. The van der Waals surface area contributed by atoms with Gasteiger partial charge in [-0.2, -0.15) is 0 Å². The Labute approximate surface area is 97.5 Å². The molecular formula is C10H13NO6. The Morgan fingerprint density at radius 3 is 2.59 bits per heavy atom. The standard InChI is InChI=1S/C10H13NO6/c1-6(12)17-8-5-3-4-7(10(13)16-2)9(8)11(14)15/h3,5,7-9H,4H2,1-2H3/t7-,8-,9+/m0/s1. The molecule has 1 rings (SSSR count). The highest BCUT2D eigenvalue weighted by Gasteiger charge is 2.46. The molecule has 0 amide bonds. The molecule has 0 aromatic heterocycles. The fraction of sp³-hybridized carbons (Fsp3) is 0.600. The summed E-state index contributed by atoms with van der Waals surface area (Å²) in [6.45, 7) is 1.16. The van der Waals surface area contributed by atoms with Crippen molar-refractivity contribution in [2.45, 2.75) is 25.5 Å². The van der Waals surface area contributed by atoms with Crippen molar-refractivity contribution in [3.05, 3.63) is 22.3 Å². The third kappa shape index (κ3) is 3.02. The van der Waals surface area contributed by atoms with Crippen LogP contribution in [0.15, 0.2) is 12.2 Å². The van der Waals surface area contributed by atoms with Crippen molar-refractivity contribution in [2.24, 2.45) is 5.92 Å². The molecule has 1 aliphatic rings. The van der Waals surface area contributed by atoms with Crippen molar-refractivity contribution >= 4 is 11.9 Å². The van der Waals surface area contributed by atoms with Gasteiger partial charge >= 0.3 is 11.9 Å². The van der Waals surface area contributed by atoms with Crippen molar-refractivity contribution in [2.75, 3.05) is 7.11 Å². The minimum absolute atomic E-state index is 0.204. The lowest BCUT2D eigenvalue weighted by molar-refractivity contribution is -0.539. The van der Waals surface area contributed by atoms with Crippen molar-refractivity contribution in [3.8, 4) is 0 Å². The average Bonchev–Trinajstić information content (AvgIpc) is 2.26. The maximum absolute atomic E-state index is 11.4. The topological polar surface area (TPSA) is 95.7 Å². The number of ether oxygens (including phenoxy) is 2. The molecule has 0 unspecified atom stereocenters. The van der Waals surface area contributed by atoms with Crippen LogP contribution in [0.2, 0.25) is 0 Å². The number of hydrogen-bond donors (Lipinski definition) is 0. The van der Waals surface area contributed by atoms with E-state index in [4.69, 9.17) is 4.74 Å². The van der Waals surface area contributed by atoms with E-state index in [-0.39, 0.29) is 6.42 Å². The van der Waals surface area contributed by atoms with Crippen molar-refractivity contribution < 1.29 is 24.0 Å². The zero-order chi connectivity index (χ0) is 13.0. The highest BCUT2D eigenvalue weighted by atomic mass is 16.6. The summed E-state index contributed by atoms with van der Waals surface area (Å²) in [4.78, 5) is 32.6.